The second kappa shape index (κ2) is 5.60. The minimum absolute atomic E-state index is 0.396. The van der Waals surface area contributed by atoms with Gasteiger partial charge in [0.25, 0.3) is 0 Å². The number of hydrogen-bond donors (Lipinski definition) is 2. The number of hydrogen-bond acceptors (Lipinski definition) is 4. The van der Waals surface area contributed by atoms with Crippen LogP contribution in [0.25, 0.3) is 0 Å². The molecular formula is C13H17NO5. The molecule has 0 aromatic heterocycles. The zero-order valence-electron chi connectivity index (χ0n) is 11.3. The number of carboxylic acids is 1. The van der Waals surface area contributed by atoms with Gasteiger partial charge in [-0.05, 0) is 24.6 Å². The topological polar surface area (TPSA) is 84.9 Å². The summed E-state index contributed by atoms with van der Waals surface area (Å²) in [6, 6.07) is 4.70. The van der Waals surface area contributed by atoms with Crippen LogP contribution in [0.5, 0.6) is 11.5 Å². The molecule has 2 N–H and O–H groups in total. The predicted octanol–water partition coefficient (Wildman–Crippen LogP) is 1.14. The van der Waals surface area contributed by atoms with E-state index in [1.54, 1.807) is 12.1 Å². The van der Waals surface area contributed by atoms with Gasteiger partial charge in [-0.2, -0.15) is 0 Å². The molecule has 1 unspecified atom stereocenters. The number of amides is 1. The molecule has 0 aliphatic heterocycles. The molecule has 19 heavy (non-hydrogen) atoms. The first kappa shape index (κ1) is 14.8. The van der Waals surface area contributed by atoms with Crippen molar-refractivity contribution in [3.8, 4) is 11.5 Å². The van der Waals surface area contributed by atoms with Crippen molar-refractivity contribution in [1.82, 2.24) is 5.32 Å². The Bertz CT molecular complexity index is 500. The van der Waals surface area contributed by atoms with Gasteiger partial charge in [-0.1, -0.05) is 6.07 Å². The molecule has 0 radical (unpaired) electrons. The number of carbonyl (C=O) groups excluding carboxylic acids is 1. The molecule has 0 bridgehead atoms. The quantitative estimate of drug-likeness (QED) is 0.835. The van der Waals surface area contributed by atoms with Crippen LogP contribution in [-0.4, -0.2) is 31.2 Å². The standard InChI is InChI=1S/C13H17NO5/c1-8(15)14-13(2,12(16)17)9-5-6-10(18-3)11(7-9)19-4/h5-7H,1-4H3,(H,14,15)(H,16,17). The summed E-state index contributed by atoms with van der Waals surface area (Å²) in [6.07, 6.45) is 0. The van der Waals surface area contributed by atoms with Crippen molar-refractivity contribution >= 4 is 11.9 Å². The van der Waals surface area contributed by atoms with Crippen LogP contribution >= 0.6 is 0 Å². The van der Waals surface area contributed by atoms with E-state index in [2.05, 4.69) is 5.32 Å². The third-order valence-electron chi connectivity index (χ3n) is 2.81. The van der Waals surface area contributed by atoms with E-state index >= 15 is 0 Å². The Kier molecular flexibility index (Phi) is 4.37. The van der Waals surface area contributed by atoms with Crippen LogP contribution in [0.4, 0.5) is 0 Å². The van der Waals surface area contributed by atoms with E-state index in [-0.39, 0.29) is 0 Å². The lowest BCUT2D eigenvalue weighted by Crippen LogP contribution is -2.48. The summed E-state index contributed by atoms with van der Waals surface area (Å²) >= 11 is 0. The van der Waals surface area contributed by atoms with Gasteiger partial charge in [0.2, 0.25) is 5.91 Å². The van der Waals surface area contributed by atoms with Gasteiger partial charge >= 0.3 is 5.97 Å². The number of benzene rings is 1. The molecule has 1 atom stereocenters. The van der Waals surface area contributed by atoms with Gasteiger partial charge in [0.15, 0.2) is 17.0 Å². The summed E-state index contributed by atoms with van der Waals surface area (Å²) in [4.78, 5) is 22.6. The normalized spacial score (nSPS) is 13.3. The van der Waals surface area contributed by atoms with E-state index in [0.29, 0.717) is 17.1 Å². The summed E-state index contributed by atoms with van der Waals surface area (Å²) in [5.41, 5.74) is -1.13. The smallest absolute Gasteiger partial charge is 0.333 e. The van der Waals surface area contributed by atoms with Gasteiger partial charge in [0.05, 0.1) is 14.2 Å². The predicted molar refractivity (Wildman–Crippen MR) is 68.4 cm³/mol. The van der Waals surface area contributed by atoms with Crippen LogP contribution in [-0.2, 0) is 15.1 Å². The first-order valence-electron chi connectivity index (χ1n) is 5.59. The van der Waals surface area contributed by atoms with E-state index in [4.69, 9.17) is 9.47 Å². The lowest BCUT2D eigenvalue weighted by atomic mass is 9.91. The van der Waals surface area contributed by atoms with Crippen LogP contribution in [0, 0.1) is 0 Å². The fourth-order valence-electron chi connectivity index (χ4n) is 1.75. The summed E-state index contributed by atoms with van der Waals surface area (Å²) in [7, 11) is 2.94. The number of carbonyl (C=O) groups is 2. The number of aliphatic carboxylic acids is 1. The molecule has 0 heterocycles. The monoisotopic (exact) mass is 267 g/mol. The maximum absolute atomic E-state index is 11.4. The number of carboxylic acid groups (broad SMARTS) is 1. The van der Waals surface area contributed by atoms with E-state index in [0.717, 1.165) is 0 Å². The van der Waals surface area contributed by atoms with E-state index in [1.165, 1.54) is 34.1 Å². The average molecular weight is 267 g/mol. The zero-order valence-corrected chi connectivity index (χ0v) is 11.3. The highest BCUT2D eigenvalue weighted by Gasteiger charge is 2.36. The summed E-state index contributed by atoms with van der Waals surface area (Å²) in [6.45, 7) is 2.68. The zero-order chi connectivity index (χ0) is 14.6. The average Bonchev–Trinajstić information content (AvgIpc) is 2.36. The van der Waals surface area contributed by atoms with E-state index < -0.39 is 17.4 Å². The van der Waals surface area contributed by atoms with Gasteiger partial charge in [-0.25, -0.2) is 4.79 Å². The van der Waals surface area contributed by atoms with Gasteiger partial charge in [0.1, 0.15) is 0 Å². The highest BCUT2D eigenvalue weighted by Crippen LogP contribution is 2.32. The van der Waals surface area contributed by atoms with Crippen molar-refractivity contribution in [2.75, 3.05) is 14.2 Å². The molecule has 1 rings (SSSR count). The van der Waals surface area contributed by atoms with Gasteiger partial charge in [0, 0.05) is 6.92 Å². The third-order valence-corrected chi connectivity index (χ3v) is 2.81. The maximum Gasteiger partial charge on any atom is 0.333 e. The number of methoxy groups -OCH3 is 2. The summed E-state index contributed by atoms with van der Waals surface area (Å²) in [5.74, 6) is -0.700. The molecule has 0 aliphatic carbocycles. The highest BCUT2D eigenvalue weighted by molar-refractivity contribution is 5.87. The minimum Gasteiger partial charge on any atom is -0.493 e. The Morgan fingerprint density at radius 1 is 1.21 bits per heavy atom. The molecule has 0 saturated heterocycles. The molecule has 104 valence electrons. The fraction of sp³-hybridized carbons (Fsp3) is 0.385. The van der Waals surface area contributed by atoms with Gasteiger partial charge < -0.3 is 19.9 Å². The Morgan fingerprint density at radius 3 is 2.21 bits per heavy atom. The van der Waals surface area contributed by atoms with Crippen molar-refractivity contribution in [3.63, 3.8) is 0 Å². The fourth-order valence-corrected chi connectivity index (χ4v) is 1.75. The van der Waals surface area contributed by atoms with Crippen molar-refractivity contribution in [2.45, 2.75) is 19.4 Å². The number of nitrogens with one attached hydrogen (secondary N) is 1. The summed E-state index contributed by atoms with van der Waals surface area (Å²) < 4.78 is 10.2. The summed E-state index contributed by atoms with van der Waals surface area (Å²) in [5, 5.41) is 11.8. The number of ether oxygens (including phenoxy) is 2. The van der Waals surface area contributed by atoms with E-state index in [1.807, 2.05) is 0 Å². The second-order valence-electron chi connectivity index (χ2n) is 4.18. The molecule has 1 aromatic rings. The van der Waals surface area contributed by atoms with Crippen molar-refractivity contribution in [3.05, 3.63) is 23.8 Å². The highest BCUT2D eigenvalue weighted by atomic mass is 16.5. The first-order valence-corrected chi connectivity index (χ1v) is 5.59. The van der Waals surface area contributed by atoms with Gasteiger partial charge in [-0.15, -0.1) is 0 Å². The largest absolute Gasteiger partial charge is 0.493 e. The lowest BCUT2D eigenvalue weighted by Gasteiger charge is -2.26. The van der Waals surface area contributed by atoms with Crippen LogP contribution < -0.4 is 14.8 Å². The maximum atomic E-state index is 11.4. The third kappa shape index (κ3) is 2.96. The van der Waals surface area contributed by atoms with Gasteiger partial charge in [-0.3, -0.25) is 4.79 Å². The molecule has 0 fully saturated rings. The molecular weight excluding hydrogens is 250 g/mol. The van der Waals surface area contributed by atoms with Crippen LogP contribution in [0.3, 0.4) is 0 Å². The molecule has 0 saturated carbocycles. The van der Waals surface area contributed by atoms with Crippen LogP contribution in [0.1, 0.15) is 19.4 Å². The molecule has 6 heteroatoms. The molecule has 1 amide bonds. The van der Waals surface area contributed by atoms with Crippen molar-refractivity contribution in [1.29, 1.82) is 0 Å². The van der Waals surface area contributed by atoms with Crippen molar-refractivity contribution < 1.29 is 24.2 Å². The Morgan fingerprint density at radius 2 is 1.79 bits per heavy atom. The lowest BCUT2D eigenvalue weighted by molar-refractivity contribution is -0.147. The number of rotatable bonds is 5. The van der Waals surface area contributed by atoms with E-state index in [9.17, 15) is 14.7 Å². The van der Waals surface area contributed by atoms with Crippen molar-refractivity contribution in [2.24, 2.45) is 0 Å². The SMILES string of the molecule is COc1ccc(C(C)(NC(C)=O)C(=O)O)cc1OC. The minimum atomic E-state index is -1.52. The Balaban J connectivity index is 3.31. The molecule has 0 spiro atoms. The second-order valence-corrected chi connectivity index (χ2v) is 4.18. The Labute approximate surface area is 111 Å². The molecule has 1 aromatic carbocycles. The molecule has 0 aliphatic rings. The van der Waals surface area contributed by atoms with Crippen LogP contribution in [0.2, 0.25) is 0 Å². The molecule has 6 nitrogen and oxygen atoms in total. The Hall–Kier alpha value is -2.24. The first-order chi connectivity index (χ1) is 8.85. The van der Waals surface area contributed by atoms with Crippen LogP contribution in [0.15, 0.2) is 18.2 Å².